The van der Waals surface area contributed by atoms with Gasteiger partial charge in [-0.3, -0.25) is 4.79 Å². The predicted molar refractivity (Wildman–Crippen MR) is 79.5 cm³/mol. The van der Waals surface area contributed by atoms with Crippen LogP contribution in [0.2, 0.25) is 0 Å². The number of rotatable bonds is 8. The second-order valence-electron chi connectivity index (χ2n) is 6.12. The molecule has 2 atom stereocenters. The second kappa shape index (κ2) is 9.18. The van der Waals surface area contributed by atoms with E-state index in [0.717, 1.165) is 18.3 Å². The molecule has 0 rings (SSSR count). The Balaban J connectivity index is 3.83. The Kier molecular flexibility index (Phi) is 8.78. The molecule has 0 saturated carbocycles. The number of carbonyl (C=O) groups is 1. The average molecular weight is 253 g/mol. The fraction of sp³-hybridized carbons (Fsp3) is 0.812. The summed E-state index contributed by atoms with van der Waals surface area (Å²) < 4.78 is 0. The van der Waals surface area contributed by atoms with Gasteiger partial charge in [0.05, 0.1) is 5.92 Å². The standard InChI is InChI=1S/C16H31NO/c1-13(2)9-7-10-14(3)11-8-12-15(4)16(18)17(5)6/h8,12-15H,7,9-11H2,1-6H3/b12-8+/t14-,15-/m1/s1. The van der Waals surface area contributed by atoms with E-state index in [-0.39, 0.29) is 11.8 Å². The summed E-state index contributed by atoms with van der Waals surface area (Å²) in [6.45, 7) is 8.81. The van der Waals surface area contributed by atoms with Gasteiger partial charge in [-0.2, -0.15) is 0 Å². The van der Waals surface area contributed by atoms with Gasteiger partial charge in [0.1, 0.15) is 0 Å². The van der Waals surface area contributed by atoms with Gasteiger partial charge in [0.2, 0.25) is 5.91 Å². The van der Waals surface area contributed by atoms with E-state index in [9.17, 15) is 4.79 Å². The summed E-state index contributed by atoms with van der Waals surface area (Å²) in [5, 5.41) is 0. The SMILES string of the molecule is CC(C)CCC[C@@H](C)C/C=C/[C@@H](C)C(=O)N(C)C. The van der Waals surface area contributed by atoms with E-state index in [2.05, 4.69) is 26.8 Å². The maximum atomic E-state index is 11.6. The van der Waals surface area contributed by atoms with Crippen molar-refractivity contribution in [2.45, 2.75) is 53.4 Å². The van der Waals surface area contributed by atoms with Crippen molar-refractivity contribution in [2.75, 3.05) is 14.1 Å². The van der Waals surface area contributed by atoms with Gasteiger partial charge < -0.3 is 4.90 Å². The van der Waals surface area contributed by atoms with Crippen LogP contribution in [-0.4, -0.2) is 24.9 Å². The average Bonchev–Trinajstić information content (AvgIpc) is 2.27. The number of amides is 1. The highest BCUT2D eigenvalue weighted by Crippen LogP contribution is 2.16. The van der Waals surface area contributed by atoms with Gasteiger partial charge in [-0.15, -0.1) is 0 Å². The highest BCUT2D eigenvalue weighted by atomic mass is 16.2. The molecule has 2 nitrogen and oxygen atoms in total. The molecular formula is C16H31NO. The highest BCUT2D eigenvalue weighted by molar-refractivity contribution is 5.79. The Morgan fingerprint density at radius 1 is 1.11 bits per heavy atom. The number of hydrogen-bond acceptors (Lipinski definition) is 1. The minimum absolute atomic E-state index is 0.00265. The first-order valence-corrected chi connectivity index (χ1v) is 7.22. The third-order valence-electron chi connectivity index (χ3n) is 3.27. The predicted octanol–water partition coefficient (Wildman–Crippen LogP) is 4.12. The van der Waals surface area contributed by atoms with Gasteiger partial charge in [0.25, 0.3) is 0 Å². The third-order valence-corrected chi connectivity index (χ3v) is 3.27. The molecule has 0 heterocycles. The largest absolute Gasteiger partial charge is 0.348 e. The smallest absolute Gasteiger partial charge is 0.228 e. The molecule has 0 N–H and O–H groups in total. The topological polar surface area (TPSA) is 20.3 Å². The van der Waals surface area contributed by atoms with Crippen LogP contribution in [0, 0.1) is 17.8 Å². The molecule has 0 fully saturated rings. The van der Waals surface area contributed by atoms with E-state index >= 15 is 0 Å². The zero-order valence-electron chi connectivity index (χ0n) is 13.1. The van der Waals surface area contributed by atoms with Crippen molar-refractivity contribution < 1.29 is 4.79 Å². The molecule has 0 aromatic rings. The lowest BCUT2D eigenvalue weighted by molar-refractivity contribution is -0.130. The molecule has 0 aromatic heterocycles. The molecule has 0 unspecified atom stereocenters. The van der Waals surface area contributed by atoms with E-state index in [0.29, 0.717) is 0 Å². The molecule has 0 aliphatic carbocycles. The number of hydrogen-bond donors (Lipinski definition) is 0. The first kappa shape index (κ1) is 17.2. The summed E-state index contributed by atoms with van der Waals surface area (Å²) in [5.74, 6) is 1.72. The lowest BCUT2D eigenvalue weighted by Gasteiger charge is -2.14. The Morgan fingerprint density at radius 2 is 1.72 bits per heavy atom. The van der Waals surface area contributed by atoms with Gasteiger partial charge >= 0.3 is 0 Å². The molecule has 2 heteroatoms. The van der Waals surface area contributed by atoms with Gasteiger partial charge in [0, 0.05) is 14.1 Å². The number of allylic oxidation sites excluding steroid dienone is 1. The van der Waals surface area contributed by atoms with Crippen molar-refractivity contribution in [3.8, 4) is 0 Å². The van der Waals surface area contributed by atoms with Crippen LogP contribution in [0.5, 0.6) is 0 Å². The van der Waals surface area contributed by atoms with Crippen LogP contribution in [0.25, 0.3) is 0 Å². The van der Waals surface area contributed by atoms with Crippen molar-refractivity contribution in [1.82, 2.24) is 4.90 Å². The Labute approximate surface area is 113 Å². The minimum atomic E-state index is 0.00265. The van der Waals surface area contributed by atoms with E-state index in [1.807, 2.05) is 13.0 Å². The normalized spacial score (nSPS) is 15.1. The summed E-state index contributed by atoms with van der Waals surface area (Å²) in [6, 6.07) is 0. The van der Waals surface area contributed by atoms with Crippen LogP contribution in [0.15, 0.2) is 12.2 Å². The van der Waals surface area contributed by atoms with Crippen molar-refractivity contribution in [2.24, 2.45) is 17.8 Å². The van der Waals surface area contributed by atoms with E-state index in [1.54, 1.807) is 19.0 Å². The van der Waals surface area contributed by atoms with Crippen molar-refractivity contribution >= 4 is 5.91 Å². The molecule has 0 aromatic carbocycles. The molecule has 18 heavy (non-hydrogen) atoms. The van der Waals surface area contributed by atoms with Gasteiger partial charge in [0.15, 0.2) is 0 Å². The lowest BCUT2D eigenvalue weighted by Crippen LogP contribution is -2.26. The molecule has 0 radical (unpaired) electrons. The number of carbonyl (C=O) groups excluding carboxylic acids is 1. The van der Waals surface area contributed by atoms with E-state index in [1.165, 1.54) is 19.3 Å². The molecule has 0 saturated heterocycles. The van der Waals surface area contributed by atoms with Crippen LogP contribution in [0.1, 0.15) is 53.4 Å². The molecule has 0 aliphatic rings. The van der Waals surface area contributed by atoms with Crippen LogP contribution >= 0.6 is 0 Å². The molecular weight excluding hydrogens is 222 g/mol. The Hall–Kier alpha value is -0.790. The van der Waals surface area contributed by atoms with Gasteiger partial charge in [-0.25, -0.2) is 0 Å². The maximum Gasteiger partial charge on any atom is 0.228 e. The monoisotopic (exact) mass is 253 g/mol. The van der Waals surface area contributed by atoms with Crippen molar-refractivity contribution in [3.63, 3.8) is 0 Å². The summed E-state index contributed by atoms with van der Waals surface area (Å²) >= 11 is 0. The third kappa shape index (κ3) is 8.32. The maximum absolute atomic E-state index is 11.6. The Morgan fingerprint density at radius 3 is 2.22 bits per heavy atom. The fourth-order valence-corrected chi connectivity index (χ4v) is 2.00. The minimum Gasteiger partial charge on any atom is -0.348 e. The summed E-state index contributed by atoms with van der Waals surface area (Å²) in [7, 11) is 3.61. The van der Waals surface area contributed by atoms with Crippen LogP contribution < -0.4 is 0 Å². The van der Waals surface area contributed by atoms with Crippen LogP contribution in [0.3, 0.4) is 0 Å². The Bertz CT molecular complexity index is 256. The zero-order chi connectivity index (χ0) is 14.1. The van der Waals surface area contributed by atoms with E-state index in [4.69, 9.17) is 0 Å². The van der Waals surface area contributed by atoms with Crippen LogP contribution in [0.4, 0.5) is 0 Å². The van der Waals surface area contributed by atoms with Crippen LogP contribution in [-0.2, 0) is 4.79 Å². The zero-order valence-corrected chi connectivity index (χ0v) is 13.1. The summed E-state index contributed by atoms with van der Waals surface area (Å²) in [6.07, 6.45) is 9.23. The molecule has 1 amide bonds. The van der Waals surface area contributed by atoms with Gasteiger partial charge in [-0.05, 0) is 18.3 Å². The summed E-state index contributed by atoms with van der Waals surface area (Å²) in [4.78, 5) is 13.3. The molecule has 106 valence electrons. The summed E-state index contributed by atoms with van der Waals surface area (Å²) in [5.41, 5.74) is 0. The van der Waals surface area contributed by atoms with Gasteiger partial charge in [-0.1, -0.05) is 59.1 Å². The first-order valence-electron chi connectivity index (χ1n) is 7.22. The second-order valence-corrected chi connectivity index (χ2v) is 6.12. The first-order chi connectivity index (χ1) is 8.34. The lowest BCUT2D eigenvalue weighted by atomic mass is 9.96. The fourth-order valence-electron chi connectivity index (χ4n) is 2.00. The van der Waals surface area contributed by atoms with Crippen molar-refractivity contribution in [1.29, 1.82) is 0 Å². The number of nitrogens with zero attached hydrogens (tertiary/aromatic N) is 1. The quantitative estimate of drug-likeness (QED) is 0.596. The highest BCUT2D eigenvalue weighted by Gasteiger charge is 2.10. The molecule has 0 aliphatic heterocycles. The molecule has 0 bridgehead atoms. The van der Waals surface area contributed by atoms with Crippen molar-refractivity contribution in [3.05, 3.63) is 12.2 Å². The molecule has 0 spiro atoms. The van der Waals surface area contributed by atoms with E-state index < -0.39 is 0 Å².